The quantitative estimate of drug-likeness (QED) is 0.227. The van der Waals surface area contributed by atoms with Crippen molar-refractivity contribution in [2.75, 3.05) is 19.8 Å². The number of aliphatic carboxylic acids is 1. The van der Waals surface area contributed by atoms with Gasteiger partial charge in [-0.05, 0) is 6.42 Å². The smallest absolute Gasteiger partial charge is 0.372 e. The van der Waals surface area contributed by atoms with Gasteiger partial charge in [0, 0.05) is 13.0 Å². The normalized spacial score (nSPS) is 10.6. The van der Waals surface area contributed by atoms with Crippen molar-refractivity contribution in [1.29, 1.82) is 0 Å². The van der Waals surface area contributed by atoms with E-state index in [1.807, 2.05) is 0 Å². The zero-order valence-electron chi connectivity index (χ0n) is 15.6. The molecule has 6 nitrogen and oxygen atoms in total. The third kappa shape index (κ3) is 17.2. The maximum atomic E-state index is 11.3. The minimum absolute atomic E-state index is 0.137. The molecular formula is C19H34O6. The summed E-state index contributed by atoms with van der Waals surface area (Å²) in [6.45, 7) is 3.36. The molecule has 0 saturated carbocycles. The van der Waals surface area contributed by atoms with Crippen molar-refractivity contribution >= 4 is 17.7 Å². The van der Waals surface area contributed by atoms with E-state index in [0.29, 0.717) is 13.2 Å². The molecule has 6 heteroatoms. The lowest BCUT2D eigenvalue weighted by atomic mass is 10.1. The predicted octanol–water partition coefficient (Wildman–Crippen LogP) is 3.90. The molecule has 0 aliphatic rings. The van der Waals surface area contributed by atoms with Gasteiger partial charge in [-0.25, -0.2) is 4.79 Å². The molecule has 0 atom stereocenters. The molecule has 0 radical (unpaired) electrons. The van der Waals surface area contributed by atoms with Gasteiger partial charge in [0.2, 0.25) is 5.78 Å². The van der Waals surface area contributed by atoms with E-state index in [2.05, 4.69) is 6.92 Å². The molecule has 0 unspecified atom stereocenters. The Morgan fingerprint density at radius 3 is 1.84 bits per heavy atom. The van der Waals surface area contributed by atoms with Crippen LogP contribution in [0, 0.1) is 0 Å². The number of carbonyl (C=O) groups excluding carboxylic acids is 2. The fraction of sp³-hybridized carbons (Fsp3) is 0.842. The number of Topliss-reactive ketones (excluding diaryl/α,β-unsaturated/α-hetero) is 1. The molecule has 0 heterocycles. The van der Waals surface area contributed by atoms with Gasteiger partial charge in [0.15, 0.2) is 0 Å². The lowest BCUT2D eigenvalue weighted by Gasteiger charge is -2.06. The second-order valence-electron chi connectivity index (χ2n) is 6.24. The van der Waals surface area contributed by atoms with E-state index < -0.39 is 17.7 Å². The van der Waals surface area contributed by atoms with E-state index in [4.69, 9.17) is 14.6 Å². The summed E-state index contributed by atoms with van der Waals surface area (Å²) in [5, 5.41) is 8.38. The van der Waals surface area contributed by atoms with Gasteiger partial charge in [0.05, 0.1) is 13.0 Å². The van der Waals surface area contributed by atoms with Crippen molar-refractivity contribution in [3.63, 3.8) is 0 Å². The van der Waals surface area contributed by atoms with Crippen LogP contribution in [0.15, 0.2) is 0 Å². The topological polar surface area (TPSA) is 89.9 Å². The summed E-state index contributed by atoms with van der Waals surface area (Å²) in [5.41, 5.74) is 0. The Kier molecular flexibility index (Phi) is 16.4. The molecule has 0 aliphatic heterocycles. The minimum atomic E-state index is -1.52. The summed E-state index contributed by atoms with van der Waals surface area (Å²) in [6.07, 6.45) is 12.2. The molecule has 0 spiro atoms. The Bertz CT molecular complexity index is 367. The molecule has 0 bridgehead atoms. The van der Waals surface area contributed by atoms with Crippen molar-refractivity contribution < 1.29 is 29.0 Å². The number of carboxylic acid groups (broad SMARTS) is 1. The maximum absolute atomic E-state index is 11.3. The molecule has 146 valence electrons. The number of unbranched alkanes of at least 4 members (excludes halogenated alkanes) is 9. The number of ether oxygens (including phenoxy) is 2. The highest BCUT2D eigenvalue weighted by molar-refractivity contribution is 6.32. The van der Waals surface area contributed by atoms with Gasteiger partial charge in [-0.2, -0.15) is 0 Å². The molecule has 0 aliphatic carbocycles. The van der Waals surface area contributed by atoms with Crippen LogP contribution >= 0.6 is 0 Å². The first-order valence-electron chi connectivity index (χ1n) is 9.57. The van der Waals surface area contributed by atoms with Gasteiger partial charge in [0.1, 0.15) is 6.61 Å². The zero-order valence-corrected chi connectivity index (χ0v) is 15.6. The molecule has 1 N–H and O–H groups in total. The number of carboxylic acids is 1. The molecule has 0 rings (SSSR count). The number of rotatable bonds is 18. The van der Waals surface area contributed by atoms with E-state index >= 15 is 0 Å². The van der Waals surface area contributed by atoms with Crippen LogP contribution in [-0.2, 0) is 23.9 Å². The lowest BCUT2D eigenvalue weighted by Crippen LogP contribution is -2.16. The molecular weight excluding hydrogens is 324 g/mol. The Morgan fingerprint density at radius 1 is 0.720 bits per heavy atom. The molecule has 25 heavy (non-hydrogen) atoms. The Morgan fingerprint density at radius 2 is 1.28 bits per heavy atom. The van der Waals surface area contributed by atoms with E-state index in [1.54, 1.807) is 0 Å². The first kappa shape index (κ1) is 23.6. The summed E-state index contributed by atoms with van der Waals surface area (Å²) < 4.78 is 10.2. The van der Waals surface area contributed by atoms with Crippen LogP contribution in [0.1, 0.15) is 84.0 Å². The average molecular weight is 358 g/mol. The predicted molar refractivity (Wildman–Crippen MR) is 95.5 cm³/mol. The van der Waals surface area contributed by atoms with Crippen LogP contribution in [0.25, 0.3) is 0 Å². The highest BCUT2D eigenvalue weighted by Gasteiger charge is 2.13. The van der Waals surface area contributed by atoms with Gasteiger partial charge in [-0.1, -0.05) is 64.7 Å². The van der Waals surface area contributed by atoms with Crippen molar-refractivity contribution in [3.8, 4) is 0 Å². The highest BCUT2D eigenvalue weighted by atomic mass is 16.6. The number of hydrogen-bond donors (Lipinski definition) is 1. The number of hydrogen-bond acceptors (Lipinski definition) is 5. The van der Waals surface area contributed by atoms with Gasteiger partial charge in [0.25, 0.3) is 0 Å². The standard InChI is InChI=1S/C19H34O6/c1-2-3-4-5-6-7-8-9-10-11-14-24-15-16-25-18(21)13-12-17(20)19(22)23/h2-16H2,1H3,(H,22,23). The number of esters is 1. The fourth-order valence-corrected chi connectivity index (χ4v) is 2.40. The summed E-state index contributed by atoms with van der Waals surface area (Å²) >= 11 is 0. The highest BCUT2D eigenvalue weighted by Crippen LogP contribution is 2.10. The Balaban J connectivity index is 3.22. The van der Waals surface area contributed by atoms with Crippen LogP contribution in [0.4, 0.5) is 0 Å². The van der Waals surface area contributed by atoms with Crippen LogP contribution in [-0.4, -0.2) is 42.6 Å². The monoisotopic (exact) mass is 358 g/mol. The number of carbonyl (C=O) groups is 3. The zero-order chi connectivity index (χ0) is 18.8. The Labute approximate surface area is 151 Å². The average Bonchev–Trinajstić information content (AvgIpc) is 2.59. The largest absolute Gasteiger partial charge is 0.476 e. The van der Waals surface area contributed by atoms with E-state index in [0.717, 1.165) is 12.8 Å². The SMILES string of the molecule is CCCCCCCCCCCCOCCOC(=O)CCC(=O)C(=O)O. The first-order valence-corrected chi connectivity index (χ1v) is 9.57. The van der Waals surface area contributed by atoms with E-state index in [9.17, 15) is 14.4 Å². The third-order valence-electron chi connectivity index (χ3n) is 3.93. The van der Waals surface area contributed by atoms with Gasteiger partial charge >= 0.3 is 11.9 Å². The molecule has 0 aromatic heterocycles. The fourth-order valence-electron chi connectivity index (χ4n) is 2.40. The van der Waals surface area contributed by atoms with Gasteiger partial charge < -0.3 is 14.6 Å². The number of ketones is 1. The third-order valence-corrected chi connectivity index (χ3v) is 3.93. The summed E-state index contributed by atoms with van der Waals surface area (Å²) in [4.78, 5) is 32.4. The van der Waals surface area contributed by atoms with Gasteiger partial charge in [-0.3, -0.25) is 9.59 Å². The molecule has 0 aromatic rings. The summed E-state index contributed by atoms with van der Waals surface area (Å²) in [7, 11) is 0. The van der Waals surface area contributed by atoms with E-state index in [-0.39, 0.29) is 19.4 Å². The molecule has 0 saturated heterocycles. The summed E-state index contributed by atoms with van der Waals surface area (Å²) in [5.74, 6) is -3.07. The van der Waals surface area contributed by atoms with Gasteiger partial charge in [-0.15, -0.1) is 0 Å². The van der Waals surface area contributed by atoms with Crippen molar-refractivity contribution in [3.05, 3.63) is 0 Å². The Hall–Kier alpha value is -1.43. The minimum Gasteiger partial charge on any atom is -0.476 e. The van der Waals surface area contributed by atoms with Crippen LogP contribution in [0.5, 0.6) is 0 Å². The van der Waals surface area contributed by atoms with Crippen molar-refractivity contribution in [2.45, 2.75) is 84.0 Å². The second kappa shape index (κ2) is 17.4. The van der Waals surface area contributed by atoms with Crippen LogP contribution < -0.4 is 0 Å². The maximum Gasteiger partial charge on any atom is 0.372 e. The lowest BCUT2D eigenvalue weighted by molar-refractivity contribution is -0.151. The first-order chi connectivity index (χ1) is 12.1. The van der Waals surface area contributed by atoms with Crippen molar-refractivity contribution in [1.82, 2.24) is 0 Å². The molecule has 0 fully saturated rings. The van der Waals surface area contributed by atoms with Crippen LogP contribution in [0.2, 0.25) is 0 Å². The summed E-state index contributed by atoms with van der Waals surface area (Å²) in [6, 6.07) is 0. The van der Waals surface area contributed by atoms with Crippen LogP contribution in [0.3, 0.4) is 0 Å². The van der Waals surface area contributed by atoms with Crippen molar-refractivity contribution in [2.24, 2.45) is 0 Å². The second-order valence-corrected chi connectivity index (χ2v) is 6.24. The van der Waals surface area contributed by atoms with E-state index in [1.165, 1.54) is 51.4 Å². The molecule has 0 aromatic carbocycles. The molecule has 0 amide bonds.